The number of guanidine groups is 1. The summed E-state index contributed by atoms with van der Waals surface area (Å²) in [6.07, 6.45) is 2.41. The zero-order valence-electron chi connectivity index (χ0n) is 16.7. The predicted octanol–water partition coefficient (Wildman–Crippen LogP) is 3.50. The summed E-state index contributed by atoms with van der Waals surface area (Å²) in [7, 11) is 0. The third-order valence-corrected chi connectivity index (χ3v) is 4.59. The quantitative estimate of drug-likeness (QED) is 0.332. The molecule has 0 aliphatic carbocycles. The van der Waals surface area contributed by atoms with Gasteiger partial charge in [0.15, 0.2) is 5.96 Å². The van der Waals surface area contributed by atoms with Crippen molar-refractivity contribution in [2.24, 2.45) is 10.9 Å². The molecule has 1 aliphatic heterocycles. The molecule has 0 radical (unpaired) electrons. The van der Waals surface area contributed by atoms with Gasteiger partial charge in [-0.15, -0.1) is 24.0 Å². The number of benzene rings is 1. The molecule has 1 fully saturated rings. The van der Waals surface area contributed by atoms with Crippen LogP contribution in [0, 0.1) is 11.7 Å². The molecule has 1 aromatic rings. The maximum Gasteiger partial charge on any atom is 0.191 e. The van der Waals surface area contributed by atoms with E-state index in [1.807, 2.05) is 6.92 Å². The van der Waals surface area contributed by atoms with E-state index < -0.39 is 0 Å². The van der Waals surface area contributed by atoms with E-state index in [2.05, 4.69) is 34.4 Å². The van der Waals surface area contributed by atoms with Gasteiger partial charge in [0, 0.05) is 25.7 Å². The summed E-state index contributed by atoms with van der Waals surface area (Å²) in [5.74, 6) is 1.72. The van der Waals surface area contributed by atoms with Crippen LogP contribution < -0.4 is 15.4 Å². The van der Waals surface area contributed by atoms with Gasteiger partial charge in [-0.3, -0.25) is 0 Å². The number of hydrogen-bond donors (Lipinski definition) is 2. The van der Waals surface area contributed by atoms with Crippen molar-refractivity contribution < 1.29 is 9.13 Å². The van der Waals surface area contributed by atoms with Crippen molar-refractivity contribution in [3.8, 4) is 5.75 Å². The Balaban J connectivity index is 0.00000364. The molecule has 0 bridgehead atoms. The Morgan fingerprint density at radius 1 is 1.37 bits per heavy atom. The minimum Gasteiger partial charge on any atom is -0.489 e. The molecular formula is C20H34FIN4O. The SMILES string of the molecule is CCNC(=NCC(C)Oc1cccc(F)c1)NCC1CCCN(CC)C1.I. The number of nitrogens with one attached hydrogen (secondary N) is 2. The van der Waals surface area contributed by atoms with Crippen molar-refractivity contribution in [3.05, 3.63) is 30.1 Å². The first kappa shape index (κ1) is 23.9. The first-order valence-corrected chi connectivity index (χ1v) is 9.77. The molecule has 7 heteroatoms. The smallest absolute Gasteiger partial charge is 0.191 e. The molecule has 1 aromatic carbocycles. The molecule has 2 rings (SSSR count). The standard InChI is InChI=1S/C20H33FN4O.HI/c1-4-22-20(24-14-17-8-7-11-25(5-2)15-17)23-13-16(3)26-19-10-6-9-18(21)12-19;/h6,9-10,12,16-17H,4-5,7-8,11,13-15H2,1-3H3,(H2,22,23,24);1H. The number of likely N-dealkylation sites (tertiary alicyclic amines) is 1. The van der Waals surface area contributed by atoms with Crippen LogP contribution in [0.5, 0.6) is 5.75 Å². The molecule has 1 aliphatic rings. The molecule has 1 heterocycles. The van der Waals surface area contributed by atoms with Gasteiger partial charge in [0.1, 0.15) is 17.7 Å². The van der Waals surface area contributed by atoms with Crippen LogP contribution in [0.2, 0.25) is 0 Å². The number of aliphatic imine (C=N–C) groups is 1. The van der Waals surface area contributed by atoms with Crippen LogP contribution in [-0.4, -0.2) is 56.2 Å². The molecule has 154 valence electrons. The zero-order chi connectivity index (χ0) is 18.8. The molecule has 0 spiro atoms. The Morgan fingerprint density at radius 3 is 2.89 bits per heavy atom. The zero-order valence-corrected chi connectivity index (χ0v) is 19.0. The monoisotopic (exact) mass is 492 g/mol. The summed E-state index contributed by atoms with van der Waals surface area (Å²) >= 11 is 0. The number of nitrogens with zero attached hydrogens (tertiary/aromatic N) is 2. The second-order valence-electron chi connectivity index (χ2n) is 6.89. The van der Waals surface area contributed by atoms with E-state index >= 15 is 0 Å². The van der Waals surface area contributed by atoms with Crippen LogP contribution >= 0.6 is 24.0 Å². The maximum atomic E-state index is 13.2. The number of rotatable bonds is 8. The van der Waals surface area contributed by atoms with Crippen molar-refractivity contribution >= 4 is 29.9 Å². The first-order valence-electron chi connectivity index (χ1n) is 9.77. The topological polar surface area (TPSA) is 48.9 Å². The molecule has 2 atom stereocenters. The van der Waals surface area contributed by atoms with Gasteiger partial charge in [0.2, 0.25) is 0 Å². The summed E-state index contributed by atoms with van der Waals surface area (Å²) < 4.78 is 19.0. The van der Waals surface area contributed by atoms with Gasteiger partial charge in [-0.1, -0.05) is 13.0 Å². The molecule has 1 saturated heterocycles. The average Bonchev–Trinajstić information content (AvgIpc) is 2.64. The highest BCUT2D eigenvalue weighted by Gasteiger charge is 2.18. The van der Waals surface area contributed by atoms with Crippen LogP contribution in [0.3, 0.4) is 0 Å². The van der Waals surface area contributed by atoms with E-state index in [1.54, 1.807) is 12.1 Å². The molecule has 2 N–H and O–H groups in total. The van der Waals surface area contributed by atoms with Crippen molar-refractivity contribution in [2.75, 3.05) is 39.3 Å². The predicted molar refractivity (Wildman–Crippen MR) is 121 cm³/mol. The van der Waals surface area contributed by atoms with E-state index in [4.69, 9.17) is 4.74 Å². The van der Waals surface area contributed by atoms with Crippen LogP contribution in [0.1, 0.15) is 33.6 Å². The lowest BCUT2D eigenvalue weighted by Gasteiger charge is -2.32. The normalized spacial score (nSPS) is 19.1. The van der Waals surface area contributed by atoms with Crippen LogP contribution in [-0.2, 0) is 0 Å². The van der Waals surface area contributed by atoms with E-state index in [1.165, 1.54) is 31.5 Å². The van der Waals surface area contributed by atoms with E-state index in [0.717, 1.165) is 32.1 Å². The Morgan fingerprint density at radius 2 is 2.19 bits per heavy atom. The third-order valence-electron chi connectivity index (χ3n) is 4.59. The fraction of sp³-hybridized carbons (Fsp3) is 0.650. The van der Waals surface area contributed by atoms with Crippen molar-refractivity contribution in [1.82, 2.24) is 15.5 Å². The van der Waals surface area contributed by atoms with E-state index in [9.17, 15) is 4.39 Å². The van der Waals surface area contributed by atoms with Gasteiger partial charge in [-0.05, 0) is 57.8 Å². The first-order chi connectivity index (χ1) is 12.6. The number of halogens is 2. The summed E-state index contributed by atoms with van der Waals surface area (Å²) in [5.41, 5.74) is 0. The molecular weight excluding hydrogens is 458 g/mol. The fourth-order valence-electron chi connectivity index (χ4n) is 3.22. The maximum absolute atomic E-state index is 13.2. The number of ether oxygens (including phenoxy) is 1. The molecule has 0 saturated carbocycles. The van der Waals surface area contributed by atoms with Crippen molar-refractivity contribution in [2.45, 2.75) is 39.7 Å². The Bertz CT molecular complexity index is 573. The van der Waals surface area contributed by atoms with Gasteiger partial charge in [-0.2, -0.15) is 0 Å². The Kier molecular flexibility index (Phi) is 11.7. The largest absolute Gasteiger partial charge is 0.489 e. The van der Waals surface area contributed by atoms with E-state index in [-0.39, 0.29) is 35.9 Å². The number of hydrogen-bond acceptors (Lipinski definition) is 3. The molecule has 27 heavy (non-hydrogen) atoms. The number of piperidine rings is 1. The van der Waals surface area contributed by atoms with Gasteiger partial charge >= 0.3 is 0 Å². The minimum absolute atomic E-state index is 0. The summed E-state index contributed by atoms with van der Waals surface area (Å²) in [6, 6.07) is 6.21. The average molecular weight is 492 g/mol. The second-order valence-corrected chi connectivity index (χ2v) is 6.89. The van der Waals surface area contributed by atoms with E-state index in [0.29, 0.717) is 18.2 Å². The highest BCUT2D eigenvalue weighted by atomic mass is 127. The Labute approximate surface area is 180 Å². The lowest BCUT2D eigenvalue weighted by atomic mass is 9.98. The molecule has 5 nitrogen and oxygen atoms in total. The van der Waals surface area contributed by atoms with Crippen LogP contribution in [0.4, 0.5) is 4.39 Å². The second kappa shape index (κ2) is 13.1. The third kappa shape index (κ3) is 9.10. The highest BCUT2D eigenvalue weighted by Crippen LogP contribution is 2.15. The fourth-order valence-corrected chi connectivity index (χ4v) is 3.22. The molecule has 2 unspecified atom stereocenters. The van der Waals surface area contributed by atoms with Gasteiger partial charge < -0.3 is 20.3 Å². The van der Waals surface area contributed by atoms with Crippen molar-refractivity contribution in [3.63, 3.8) is 0 Å². The van der Waals surface area contributed by atoms with Crippen LogP contribution in [0.25, 0.3) is 0 Å². The van der Waals surface area contributed by atoms with Gasteiger partial charge in [-0.25, -0.2) is 9.38 Å². The molecule has 0 amide bonds. The molecule has 0 aromatic heterocycles. The van der Waals surface area contributed by atoms with Crippen molar-refractivity contribution in [1.29, 1.82) is 0 Å². The highest BCUT2D eigenvalue weighted by molar-refractivity contribution is 14.0. The lowest BCUT2D eigenvalue weighted by molar-refractivity contribution is 0.183. The minimum atomic E-state index is -0.290. The lowest BCUT2D eigenvalue weighted by Crippen LogP contribution is -2.44. The summed E-state index contributed by atoms with van der Waals surface area (Å²) in [4.78, 5) is 7.13. The van der Waals surface area contributed by atoms with Gasteiger partial charge in [0.25, 0.3) is 0 Å². The summed E-state index contributed by atoms with van der Waals surface area (Å²) in [6.45, 7) is 12.0. The van der Waals surface area contributed by atoms with Gasteiger partial charge in [0.05, 0.1) is 6.54 Å². The summed E-state index contributed by atoms with van der Waals surface area (Å²) in [5, 5.41) is 6.75. The van der Waals surface area contributed by atoms with Crippen LogP contribution in [0.15, 0.2) is 29.3 Å². The Hall–Kier alpha value is -1.09.